The van der Waals surface area contributed by atoms with Gasteiger partial charge in [-0.25, -0.2) is 0 Å². The maximum Gasteiger partial charge on any atom is 0.0991 e. The number of hydrogen-bond acceptors (Lipinski definition) is 3. The molecule has 4 rings (SSSR count). The summed E-state index contributed by atoms with van der Waals surface area (Å²) in [7, 11) is 0. The standard InChI is InChI=1S/C14H16N2O/c15-7-11-2-1-3-12(4-11)8-16-9-13-5-14(16,6-13)10-17/h1-4,13,17H,5-6,8-10H2. The van der Waals surface area contributed by atoms with Gasteiger partial charge < -0.3 is 5.11 Å². The van der Waals surface area contributed by atoms with Crippen molar-refractivity contribution in [3.05, 3.63) is 35.4 Å². The Hall–Kier alpha value is -1.37. The number of rotatable bonds is 3. The van der Waals surface area contributed by atoms with E-state index < -0.39 is 0 Å². The second-order valence-corrected chi connectivity index (χ2v) is 5.35. The van der Waals surface area contributed by atoms with E-state index in [9.17, 15) is 5.11 Å². The van der Waals surface area contributed by atoms with Gasteiger partial charge in [0.15, 0.2) is 0 Å². The molecule has 88 valence electrons. The molecule has 2 aliphatic heterocycles. The molecule has 0 radical (unpaired) electrons. The van der Waals surface area contributed by atoms with Gasteiger partial charge in [0.25, 0.3) is 0 Å². The molecule has 1 N–H and O–H groups in total. The van der Waals surface area contributed by atoms with Gasteiger partial charge in [0.1, 0.15) is 0 Å². The second kappa shape index (κ2) is 3.83. The zero-order valence-electron chi connectivity index (χ0n) is 9.76. The van der Waals surface area contributed by atoms with Crippen molar-refractivity contribution in [2.24, 2.45) is 5.92 Å². The molecule has 2 bridgehead atoms. The lowest BCUT2D eigenvalue weighted by atomic mass is 9.74. The molecule has 0 amide bonds. The third-order valence-electron chi connectivity index (χ3n) is 4.21. The molecule has 2 saturated heterocycles. The Labute approximate surface area is 101 Å². The van der Waals surface area contributed by atoms with Crippen molar-refractivity contribution in [3.63, 3.8) is 0 Å². The molecule has 3 fully saturated rings. The number of nitriles is 1. The summed E-state index contributed by atoms with van der Waals surface area (Å²) in [4.78, 5) is 2.38. The summed E-state index contributed by atoms with van der Waals surface area (Å²) in [6.45, 7) is 2.21. The average molecular weight is 228 g/mol. The van der Waals surface area contributed by atoms with Crippen LogP contribution in [0.5, 0.6) is 0 Å². The van der Waals surface area contributed by atoms with Gasteiger partial charge in [-0.1, -0.05) is 12.1 Å². The zero-order valence-corrected chi connectivity index (χ0v) is 9.76. The number of aliphatic hydroxyl groups is 1. The van der Waals surface area contributed by atoms with E-state index in [4.69, 9.17) is 5.26 Å². The van der Waals surface area contributed by atoms with E-state index in [1.807, 2.05) is 18.2 Å². The largest absolute Gasteiger partial charge is 0.394 e. The van der Waals surface area contributed by atoms with Crippen LogP contribution in [-0.4, -0.2) is 28.7 Å². The normalized spacial score (nSPS) is 30.9. The molecule has 1 aromatic carbocycles. The number of hydrogen-bond donors (Lipinski definition) is 1. The molecule has 1 saturated carbocycles. The second-order valence-electron chi connectivity index (χ2n) is 5.35. The lowest BCUT2D eigenvalue weighted by molar-refractivity contribution is 0.0335. The minimum absolute atomic E-state index is 0.0489. The van der Waals surface area contributed by atoms with Crippen LogP contribution in [-0.2, 0) is 6.54 Å². The summed E-state index contributed by atoms with van der Waals surface area (Å²) < 4.78 is 0. The molecule has 0 spiro atoms. The number of aliphatic hydroxyl groups excluding tert-OH is 1. The van der Waals surface area contributed by atoms with E-state index in [0.717, 1.165) is 31.8 Å². The quantitative estimate of drug-likeness (QED) is 0.853. The number of benzene rings is 1. The average Bonchev–Trinajstić information content (AvgIpc) is 2.82. The van der Waals surface area contributed by atoms with Crippen molar-refractivity contribution in [2.45, 2.75) is 24.9 Å². The predicted octanol–water partition coefficient (Wildman–Crippen LogP) is 1.51. The maximum absolute atomic E-state index is 9.52. The van der Waals surface area contributed by atoms with Gasteiger partial charge in [-0.05, 0) is 36.5 Å². The fourth-order valence-corrected chi connectivity index (χ4v) is 3.33. The Morgan fingerprint density at radius 3 is 3.00 bits per heavy atom. The van der Waals surface area contributed by atoms with Gasteiger partial charge >= 0.3 is 0 Å². The number of nitrogens with zero attached hydrogens (tertiary/aromatic N) is 2. The van der Waals surface area contributed by atoms with Crippen molar-refractivity contribution in [3.8, 4) is 6.07 Å². The topological polar surface area (TPSA) is 47.3 Å². The highest BCUT2D eigenvalue weighted by molar-refractivity contribution is 5.33. The van der Waals surface area contributed by atoms with Gasteiger partial charge in [-0.3, -0.25) is 4.90 Å². The van der Waals surface area contributed by atoms with E-state index in [2.05, 4.69) is 17.0 Å². The highest BCUT2D eigenvalue weighted by Crippen LogP contribution is 2.50. The Balaban J connectivity index is 1.77. The van der Waals surface area contributed by atoms with E-state index in [1.54, 1.807) is 0 Å². The maximum atomic E-state index is 9.52. The SMILES string of the molecule is N#Cc1cccc(CN2CC3CC2(CO)C3)c1. The third-order valence-corrected chi connectivity index (χ3v) is 4.21. The van der Waals surface area contributed by atoms with Crippen molar-refractivity contribution in [1.82, 2.24) is 4.90 Å². The van der Waals surface area contributed by atoms with Crippen molar-refractivity contribution >= 4 is 0 Å². The summed E-state index contributed by atoms with van der Waals surface area (Å²) >= 11 is 0. The minimum atomic E-state index is 0.0489. The van der Waals surface area contributed by atoms with Crippen LogP contribution < -0.4 is 0 Å². The smallest absolute Gasteiger partial charge is 0.0991 e. The molecule has 3 aliphatic rings. The van der Waals surface area contributed by atoms with Crippen LogP contribution in [0, 0.1) is 17.2 Å². The molecule has 0 unspecified atom stereocenters. The first kappa shape index (κ1) is 10.8. The Morgan fingerprint density at radius 1 is 1.47 bits per heavy atom. The highest BCUT2D eigenvalue weighted by atomic mass is 16.3. The molecule has 2 heterocycles. The summed E-state index contributed by atoms with van der Waals surface area (Å²) in [5.74, 6) is 0.779. The molecule has 0 atom stereocenters. The van der Waals surface area contributed by atoms with Gasteiger partial charge in [0.05, 0.1) is 18.2 Å². The zero-order chi connectivity index (χ0) is 11.9. The Morgan fingerprint density at radius 2 is 2.29 bits per heavy atom. The minimum Gasteiger partial charge on any atom is -0.394 e. The van der Waals surface area contributed by atoms with Gasteiger partial charge in [0, 0.05) is 18.6 Å². The van der Waals surface area contributed by atoms with Crippen LogP contribution >= 0.6 is 0 Å². The van der Waals surface area contributed by atoms with Crippen LogP contribution in [0.2, 0.25) is 0 Å². The summed E-state index contributed by atoms with van der Waals surface area (Å²) in [6, 6.07) is 9.93. The lowest BCUT2D eigenvalue weighted by Gasteiger charge is -2.40. The van der Waals surface area contributed by atoms with Crippen LogP contribution in [0.25, 0.3) is 0 Å². The Bertz CT molecular complexity index is 471. The molecule has 0 aromatic heterocycles. The fourth-order valence-electron chi connectivity index (χ4n) is 3.33. The van der Waals surface area contributed by atoms with Crippen LogP contribution in [0.1, 0.15) is 24.0 Å². The van der Waals surface area contributed by atoms with E-state index in [-0.39, 0.29) is 12.1 Å². The fraction of sp³-hybridized carbons (Fsp3) is 0.500. The summed E-state index contributed by atoms with van der Waals surface area (Å²) in [5.41, 5.74) is 1.93. The van der Waals surface area contributed by atoms with Gasteiger partial charge in [0.2, 0.25) is 0 Å². The van der Waals surface area contributed by atoms with Gasteiger partial charge in [-0.2, -0.15) is 5.26 Å². The van der Waals surface area contributed by atoms with Crippen LogP contribution in [0.15, 0.2) is 24.3 Å². The van der Waals surface area contributed by atoms with E-state index in [0.29, 0.717) is 5.56 Å². The van der Waals surface area contributed by atoms with Crippen molar-refractivity contribution in [2.75, 3.05) is 13.2 Å². The molecule has 1 aromatic rings. The van der Waals surface area contributed by atoms with Gasteiger partial charge in [-0.15, -0.1) is 0 Å². The molecular weight excluding hydrogens is 212 g/mol. The molecule has 3 heteroatoms. The van der Waals surface area contributed by atoms with Crippen LogP contribution in [0.4, 0.5) is 0 Å². The summed E-state index contributed by atoms with van der Waals surface area (Å²) in [5, 5.41) is 18.4. The molecule has 1 aliphatic carbocycles. The molecule has 17 heavy (non-hydrogen) atoms. The monoisotopic (exact) mass is 228 g/mol. The first-order chi connectivity index (χ1) is 8.25. The molecule has 3 nitrogen and oxygen atoms in total. The summed E-state index contributed by atoms with van der Waals surface area (Å²) in [6.07, 6.45) is 2.28. The van der Waals surface area contributed by atoms with E-state index >= 15 is 0 Å². The van der Waals surface area contributed by atoms with Crippen molar-refractivity contribution in [1.29, 1.82) is 5.26 Å². The Kier molecular flexibility index (Phi) is 2.43. The molecular formula is C14H16N2O. The predicted molar refractivity (Wildman–Crippen MR) is 64.1 cm³/mol. The van der Waals surface area contributed by atoms with E-state index in [1.165, 1.54) is 5.56 Å². The van der Waals surface area contributed by atoms with Crippen molar-refractivity contribution < 1.29 is 5.11 Å². The first-order valence-corrected chi connectivity index (χ1v) is 6.11. The first-order valence-electron chi connectivity index (χ1n) is 6.11. The number of fused-ring (bicyclic) bond motifs is 1. The third kappa shape index (κ3) is 1.65. The van der Waals surface area contributed by atoms with Crippen LogP contribution in [0.3, 0.4) is 0 Å². The lowest BCUT2D eigenvalue weighted by Crippen LogP contribution is -2.48. The highest BCUT2D eigenvalue weighted by Gasteiger charge is 2.55.